The molecule has 0 saturated carbocycles. The Kier molecular flexibility index (Phi) is 14.5. The normalized spacial score (nSPS) is 10.9. The first-order valence-electron chi connectivity index (χ1n) is 7.12. The molecule has 0 rings (SSSR count). The fraction of sp³-hybridized carbons (Fsp3) is 0.800. The Bertz CT molecular complexity index is 176. The second kappa shape index (κ2) is 15.2. The number of carbonyl (C=O) groups is 1. The van der Waals surface area contributed by atoms with Gasteiger partial charge in [-0.2, -0.15) is 0 Å². The lowest BCUT2D eigenvalue weighted by Crippen LogP contribution is -1.89. The van der Waals surface area contributed by atoms with Gasteiger partial charge in [0.2, 0.25) is 0 Å². The van der Waals surface area contributed by atoms with Crippen molar-refractivity contribution in [1.29, 1.82) is 0 Å². The lowest BCUT2D eigenvalue weighted by Gasteiger charge is -1.99. The van der Waals surface area contributed by atoms with E-state index in [1.54, 1.807) is 0 Å². The number of carbonyl (C=O) groups excluding carboxylic acids is 1. The van der Waals surface area contributed by atoms with Gasteiger partial charge in [-0.25, -0.2) is 0 Å². The first-order chi connectivity index (χ1) is 8.41. The zero-order valence-electron chi connectivity index (χ0n) is 11.3. The van der Waals surface area contributed by atoms with Crippen molar-refractivity contribution in [3.63, 3.8) is 0 Å². The van der Waals surface area contributed by atoms with Gasteiger partial charge in [0.25, 0.3) is 6.47 Å². The third-order valence-electron chi connectivity index (χ3n) is 2.84. The van der Waals surface area contributed by atoms with Gasteiger partial charge in [-0.1, -0.05) is 57.6 Å². The van der Waals surface area contributed by atoms with Crippen LogP contribution in [0.3, 0.4) is 0 Å². The predicted octanol–water partition coefficient (Wildman–Crippen LogP) is 4.64. The van der Waals surface area contributed by atoms with Crippen molar-refractivity contribution in [2.75, 3.05) is 6.61 Å². The Balaban J connectivity index is 3.01. The Morgan fingerprint density at radius 3 is 2.06 bits per heavy atom. The van der Waals surface area contributed by atoms with Gasteiger partial charge in [0.1, 0.15) is 0 Å². The molecule has 0 heterocycles. The summed E-state index contributed by atoms with van der Waals surface area (Å²) in [5, 5.41) is 0. The van der Waals surface area contributed by atoms with Crippen molar-refractivity contribution in [1.82, 2.24) is 0 Å². The maximum Gasteiger partial charge on any atom is 0.293 e. The molecule has 0 spiro atoms. The second-order valence-electron chi connectivity index (χ2n) is 4.49. The third kappa shape index (κ3) is 15.2. The molecule has 17 heavy (non-hydrogen) atoms. The van der Waals surface area contributed by atoms with Crippen molar-refractivity contribution in [2.24, 2.45) is 0 Å². The minimum atomic E-state index is 0.516. The lowest BCUT2D eigenvalue weighted by molar-refractivity contribution is -0.128. The Hall–Kier alpha value is -0.790. The highest BCUT2D eigenvalue weighted by molar-refractivity contribution is 5.36. The van der Waals surface area contributed by atoms with Crippen molar-refractivity contribution in [3.8, 4) is 0 Å². The Morgan fingerprint density at radius 1 is 0.824 bits per heavy atom. The van der Waals surface area contributed by atoms with E-state index in [2.05, 4.69) is 23.8 Å². The van der Waals surface area contributed by atoms with Crippen LogP contribution in [0.4, 0.5) is 0 Å². The summed E-state index contributed by atoms with van der Waals surface area (Å²) in [4.78, 5) is 9.87. The molecule has 0 aromatic heterocycles. The van der Waals surface area contributed by atoms with Gasteiger partial charge >= 0.3 is 0 Å². The number of unbranched alkanes of at least 4 members (excludes halogenated alkanes) is 8. The summed E-state index contributed by atoms with van der Waals surface area (Å²) >= 11 is 0. The SMILES string of the molecule is CCCCCCCCC/C=C\CCCOC=O. The second-order valence-corrected chi connectivity index (χ2v) is 4.49. The van der Waals surface area contributed by atoms with Crippen molar-refractivity contribution in [3.05, 3.63) is 12.2 Å². The molecule has 0 aliphatic rings. The maximum absolute atomic E-state index is 9.87. The molecule has 0 aromatic rings. The zero-order chi connectivity index (χ0) is 12.6. The van der Waals surface area contributed by atoms with Crippen LogP contribution in [0.15, 0.2) is 12.2 Å². The summed E-state index contributed by atoms with van der Waals surface area (Å²) < 4.78 is 4.61. The molecule has 0 radical (unpaired) electrons. The van der Waals surface area contributed by atoms with Crippen LogP contribution in [0, 0.1) is 0 Å². The van der Waals surface area contributed by atoms with Gasteiger partial charge in [-0.3, -0.25) is 4.79 Å². The molecular weight excluding hydrogens is 212 g/mol. The van der Waals surface area contributed by atoms with Crippen LogP contribution in [0.25, 0.3) is 0 Å². The van der Waals surface area contributed by atoms with Crippen molar-refractivity contribution < 1.29 is 9.53 Å². The van der Waals surface area contributed by atoms with E-state index >= 15 is 0 Å². The number of hydrogen-bond acceptors (Lipinski definition) is 2. The highest BCUT2D eigenvalue weighted by atomic mass is 16.5. The summed E-state index contributed by atoms with van der Waals surface area (Å²) in [7, 11) is 0. The number of ether oxygens (including phenoxy) is 1. The van der Waals surface area contributed by atoms with Crippen LogP contribution in [0.5, 0.6) is 0 Å². The van der Waals surface area contributed by atoms with E-state index < -0.39 is 0 Å². The Morgan fingerprint density at radius 2 is 1.41 bits per heavy atom. The van der Waals surface area contributed by atoms with Crippen molar-refractivity contribution in [2.45, 2.75) is 71.1 Å². The van der Waals surface area contributed by atoms with Crippen LogP contribution in [-0.4, -0.2) is 13.1 Å². The average molecular weight is 240 g/mol. The van der Waals surface area contributed by atoms with Crippen LogP contribution < -0.4 is 0 Å². The van der Waals surface area contributed by atoms with E-state index in [9.17, 15) is 4.79 Å². The third-order valence-corrected chi connectivity index (χ3v) is 2.84. The molecule has 0 fully saturated rings. The topological polar surface area (TPSA) is 26.3 Å². The first-order valence-corrected chi connectivity index (χ1v) is 7.12. The van der Waals surface area contributed by atoms with E-state index in [-0.39, 0.29) is 0 Å². The molecule has 0 aliphatic carbocycles. The van der Waals surface area contributed by atoms with E-state index in [1.807, 2.05) is 0 Å². The van der Waals surface area contributed by atoms with Crippen molar-refractivity contribution >= 4 is 6.47 Å². The summed E-state index contributed by atoms with van der Waals surface area (Å²) in [5.41, 5.74) is 0. The van der Waals surface area contributed by atoms with Gasteiger partial charge in [-0.15, -0.1) is 0 Å². The summed E-state index contributed by atoms with van der Waals surface area (Å²) in [5.74, 6) is 0. The monoisotopic (exact) mass is 240 g/mol. The highest BCUT2D eigenvalue weighted by Crippen LogP contribution is 2.08. The van der Waals surface area contributed by atoms with E-state index in [1.165, 1.54) is 51.4 Å². The highest BCUT2D eigenvalue weighted by Gasteiger charge is 1.89. The largest absolute Gasteiger partial charge is 0.468 e. The maximum atomic E-state index is 9.87. The van der Waals surface area contributed by atoms with Gasteiger partial charge in [0, 0.05) is 0 Å². The van der Waals surface area contributed by atoms with E-state index in [0.717, 1.165) is 12.8 Å². The fourth-order valence-corrected chi connectivity index (χ4v) is 1.79. The molecule has 0 unspecified atom stereocenters. The molecule has 0 saturated heterocycles. The average Bonchev–Trinajstić information content (AvgIpc) is 2.35. The lowest BCUT2D eigenvalue weighted by atomic mass is 10.1. The van der Waals surface area contributed by atoms with Crippen LogP contribution in [0.1, 0.15) is 71.1 Å². The number of hydrogen-bond donors (Lipinski definition) is 0. The van der Waals surface area contributed by atoms with Crippen LogP contribution in [-0.2, 0) is 9.53 Å². The number of allylic oxidation sites excluding steroid dienone is 2. The minimum Gasteiger partial charge on any atom is -0.468 e. The van der Waals surface area contributed by atoms with E-state index in [4.69, 9.17) is 0 Å². The first kappa shape index (κ1) is 16.2. The minimum absolute atomic E-state index is 0.516. The zero-order valence-corrected chi connectivity index (χ0v) is 11.3. The standard InChI is InChI=1S/C15H28O2/c1-2-3-4-5-6-7-8-9-10-11-12-13-14-17-15-16/h10-11,15H,2-9,12-14H2,1H3/b11-10-. The molecule has 0 amide bonds. The molecule has 0 N–H and O–H groups in total. The predicted molar refractivity (Wildman–Crippen MR) is 73.0 cm³/mol. The summed E-state index contributed by atoms with van der Waals surface area (Å²) in [6.07, 6.45) is 17.2. The molecule has 2 nitrogen and oxygen atoms in total. The molecular formula is C15H28O2. The Labute approximate surface area is 106 Å². The van der Waals surface area contributed by atoms with Crippen LogP contribution >= 0.6 is 0 Å². The number of rotatable bonds is 13. The molecule has 100 valence electrons. The summed E-state index contributed by atoms with van der Waals surface area (Å²) in [6, 6.07) is 0. The molecule has 0 bridgehead atoms. The summed E-state index contributed by atoms with van der Waals surface area (Å²) in [6.45, 7) is 3.32. The van der Waals surface area contributed by atoms with Gasteiger partial charge in [0.15, 0.2) is 0 Å². The van der Waals surface area contributed by atoms with E-state index in [0.29, 0.717) is 13.1 Å². The molecule has 2 heteroatoms. The van der Waals surface area contributed by atoms with Gasteiger partial charge < -0.3 is 4.74 Å². The fourth-order valence-electron chi connectivity index (χ4n) is 1.79. The van der Waals surface area contributed by atoms with Gasteiger partial charge in [0.05, 0.1) is 6.61 Å². The molecule has 0 aliphatic heterocycles. The molecule has 0 aromatic carbocycles. The quantitative estimate of drug-likeness (QED) is 0.266. The van der Waals surface area contributed by atoms with Gasteiger partial charge in [-0.05, 0) is 25.7 Å². The van der Waals surface area contributed by atoms with Crippen LogP contribution in [0.2, 0.25) is 0 Å². The smallest absolute Gasteiger partial charge is 0.293 e. The molecule has 0 atom stereocenters.